The molecular weight excluding hydrogens is 802 g/mol. The topological polar surface area (TPSA) is 251 Å². The Bertz CT molecular complexity index is 2010. The maximum atomic E-state index is 15.5. The Hall–Kier alpha value is -4.62. The van der Waals surface area contributed by atoms with Crippen LogP contribution in [0.1, 0.15) is 92.4 Å². The van der Waals surface area contributed by atoms with E-state index in [0.717, 1.165) is 18.9 Å². The molecule has 336 valence electrons. The van der Waals surface area contributed by atoms with Crippen molar-refractivity contribution in [1.82, 2.24) is 4.90 Å². The molecule has 1 aromatic carbocycles. The number of benzene rings is 1. The lowest BCUT2D eigenvalue weighted by Gasteiger charge is -2.67. The van der Waals surface area contributed by atoms with E-state index >= 15 is 4.79 Å². The van der Waals surface area contributed by atoms with Gasteiger partial charge in [-0.15, -0.1) is 0 Å². The fourth-order valence-corrected chi connectivity index (χ4v) is 10.4. The summed E-state index contributed by atoms with van der Waals surface area (Å²) in [5.41, 5.74) is -10.6. The highest BCUT2D eigenvalue weighted by Gasteiger charge is 2.78. The number of methoxy groups -OCH3 is 1. The van der Waals surface area contributed by atoms with Crippen LogP contribution in [-0.4, -0.2) is 141 Å². The van der Waals surface area contributed by atoms with Crippen molar-refractivity contribution in [3.63, 3.8) is 0 Å². The van der Waals surface area contributed by atoms with Gasteiger partial charge in [0.2, 0.25) is 0 Å². The fraction of sp³-hybridized carbons (Fsp3) is 0.674. The molecule has 1 aromatic rings. The van der Waals surface area contributed by atoms with Gasteiger partial charge in [0.1, 0.15) is 23.9 Å². The summed E-state index contributed by atoms with van der Waals surface area (Å²) in [6.07, 6.45) is -14.9. The summed E-state index contributed by atoms with van der Waals surface area (Å²) in [6, 6.07) is 6.28. The molecule has 18 nitrogen and oxygen atoms in total. The summed E-state index contributed by atoms with van der Waals surface area (Å²) in [4.78, 5) is 84.1. The molecule has 2 aliphatic heterocycles. The zero-order valence-electron chi connectivity index (χ0n) is 36.2. The lowest BCUT2D eigenvalue weighted by atomic mass is 9.44. The quantitative estimate of drug-likeness (QED) is 0.167. The number of aliphatic hydroxyl groups is 4. The summed E-state index contributed by atoms with van der Waals surface area (Å²) in [5.74, 6) is -5.77. The maximum Gasteiger partial charge on any atom is 0.508 e. The van der Waals surface area contributed by atoms with E-state index in [2.05, 4.69) is 0 Å². The van der Waals surface area contributed by atoms with Crippen molar-refractivity contribution >= 4 is 35.9 Å². The number of esters is 3. The first-order valence-electron chi connectivity index (χ1n) is 20.2. The van der Waals surface area contributed by atoms with E-state index in [-0.39, 0.29) is 23.1 Å². The Morgan fingerprint density at radius 2 is 1.59 bits per heavy atom. The van der Waals surface area contributed by atoms with Crippen molar-refractivity contribution < 1.29 is 82.4 Å². The van der Waals surface area contributed by atoms with Crippen LogP contribution in [0.25, 0.3) is 0 Å². The number of carbonyl (C=O) groups is 6. The molecule has 0 spiro atoms. The van der Waals surface area contributed by atoms with Crippen molar-refractivity contribution in [2.45, 2.75) is 148 Å². The number of amides is 1. The average Bonchev–Trinajstić information content (AvgIpc) is 3.36. The minimum Gasteiger partial charge on any atom is -0.456 e. The molecule has 61 heavy (non-hydrogen) atoms. The Morgan fingerprint density at radius 3 is 2.10 bits per heavy atom. The first kappa shape index (κ1) is 45.9. The van der Waals surface area contributed by atoms with Crippen LogP contribution in [0.2, 0.25) is 0 Å². The summed E-state index contributed by atoms with van der Waals surface area (Å²) in [6.45, 7) is 14.3. The van der Waals surface area contributed by atoms with Gasteiger partial charge in [-0.25, -0.2) is 19.2 Å². The minimum atomic E-state index is -2.46. The van der Waals surface area contributed by atoms with Crippen LogP contribution in [0.15, 0.2) is 41.5 Å². The van der Waals surface area contributed by atoms with Gasteiger partial charge in [0.15, 0.2) is 35.4 Å². The summed E-state index contributed by atoms with van der Waals surface area (Å²) in [7, 11) is 1.06. The molecule has 0 aromatic heterocycles. The van der Waals surface area contributed by atoms with Gasteiger partial charge >= 0.3 is 30.2 Å². The number of ether oxygens (including phenoxy) is 7. The van der Waals surface area contributed by atoms with Crippen LogP contribution in [0.5, 0.6) is 0 Å². The molecule has 6 rings (SSSR count). The number of rotatable bonds is 8. The molecule has 2 heterocycles. The van der Waals surface area contributed by atoms with Gasteiger partial charge in [0.05, 0.1) is 42.8 Å². The molecule has 3 unspecified atom stereocenters. The molecule has 2 saturated heterocycles. The summed E-state index contributed by atoms with van der Waals surface area (Å²) >= 11 is 0. The molecule has 3 aliphatic carbocycles. The van der Waals surface area contributed by atoms with Gasteiger partial charge in [-0.2, -0.15) is 0 Å². The molecule has 4 N–H and O–H groups in total. The molecule has 1 amide bonds. The zero-order valence-corrected chi connectivity index (χ0v) is 36.2. The molecule has 2 saturated carbocycles. The molecule has 5 aliphatic rings. The van der Waals surface area contributed by atoms with Crippen molar-refractivity contribution in [2.24, 2.45) is 22.2 Å². The van der Waals surface area contributed by atoms with E-state index in [1.54, 1.807) is 39.0 Å². The third-order valence-electron chi connectivity index (χ3n) is 13.7. The minimum absolute atomic E-state index is 0.0328. The van der Waals surface area contributed by atoms with Crippen molar-refractivity contribution in [3.05, 3.63) is 47.0 Å². The Balaban J connectivity index is 1.57. The van der Waals surface area contributed by atoms with Crippen molar-refractivity contribution in [3.8, 4) is 0 Å². The number of aliphatic hydroxyl groups excluding tert-OH is 3. The van der Waals surface area contributed by atoms with Crippen molar-refractivity contribution in [1.29, 1.82) is 0 Å². The fourth-order valence-electron chi connectivity index (χ4n) is 10.4. The Labute approximate surface area is 353 Å². The molecule has 0 radical (unpaired) electrons. The lowest BCUT2D eigenvalue weighted by Crippen LogP contribution is -2.82. The Kier molecular flexibility index (Phi) is 11.5. The van der Waals surface area contributed by atoms with Crippen LogP contribution >= 0.6 is 0 Å². The molecular formula is C43H57NO17. The second kappa shape index (κ2) is 15.3. The number of hydrogen-bond donors (Lipinski definition) is 4. The van der Waals surface area contributed by atoms with Gasteiger partial charge in [-0.3, -0.25) is 14.5 Å². The number of carbonyl (C=O) groups excluding carboxylic acids is 6. The molecule has 2 bridgehead atoms. The van der Waals surface area contributed by atoms with Gasteiger partial charge in [0.25, 0.3) is 0 Å². The van der Waals surface area contributed by atoms with Gasteiger partial charge in [0, 0.05) is 25.2 Å². The number of fused-ring (bicyclic) bond motifs is 5. The number of cyclic esters (lactones) is 1. The molecule has 18 heteroatoms. The third kappa shape index (κ3) is 7.07. The van der Waals surface area contributed by atoms with Crippen LogP contribution in [0.3, 0.4) is 0 Å². The Morgan fingerprint density at radius 1 is 0.967 bits per heavy atom. The second-order valence-corrected chi connectivity index (χ2v) is 19.2. The zero-order chi connectivity index (χ0) is 45.6. The maximum absolute atomic E-state index is 15.5. The monoisotopic (exact) mass is 859 g/mol. The van der Waals surface area contributed by atoms with Crippen LogP contribution < -0.4 is 0 Å². The first-order valence-corrected chi connectivity index (χ1v) is 20.2. The van der Waals surface area contributed by atoms with Crippen LogP contribution in [0, 0.1) is 22.2 Å². The highest BCUT2D eigenvalue weighted by molar-refractivity contribution is 5.95. The average molecular weight is 860 g/mol. The normalized spacial score (nSPS) is 36.0. The summed E-state index contributed by atoms with van der Waals surface area (Å²) in [5, 5.41) is 48.7. The second-order valence-electron chi connectivity index (χ2n) is 19.2. The number of ketones is 1. The highest BCUT2D eigenvalue weighted by atomic mass is 16.8. The van der Waals surface area contributed by atoms with E-state index in [9.17, 15) is 44.4 Å². The smallest absolute Gasteiger partial charge is 0.456 e. The standard InChI is InChI=1S/C43H57NO17/c1-20-23(58-34(50)27(47)30(38(3,4)5)44-35(51)40(8,9)60-36(44)52)18-43(54)32(59-33(49)22-15-13-12-14-16-22)29-41(10,31(48)28(57-21(2)45)26(20)39(43,6)7)24(46)17-25-42(29,19-56-25)61-37(53)55-11/h12-16,23-25,27-30,32,35,46-47,51,54H,17-19H2,1-11H3/t23-,24?,25+,27+,28+,29?,30+,32-,35?,41+,42-,43+/m0/s1. The third-order valence-corrected chi connectivity index (χ3v) is 13.7. The van der Waals surface area contributed by atoms with E-state index < -0.39 is 137 Å². The van der Waals surface area contributed by atoms with E-state index in [4.69, 9.17) is 33.2 Å². The van der Waals surface area contributed by atoms with Crippen LogP contribution in [-0.2, 0) is 47.5 Å². The van der Waals surface area contributed by atoms with E-state index in [1.165, 1.54) is 53.7 Å². The lowest BCUT2D eigenvalue weighted by molar-refractivity contribution is -0.344. The largest absolute Gasteiger partial charge is 0.508 e. The van der Waals surface area contributed by atoms with Gasteiger partial charge in [-0.05, 0) is 56.4 Å². The number of hydrogen-bond acceptors (Lipinski definition) is 17. The van der Waals surface area contributed by atoms with E-state index in [1.807, 2.05) is 0 Å². The molecule has 12 atom stereocenters. The van der Waals surface area contributed by atoms with Crippen LogP contribution in [0.4, 0.5) is 9.59 Å². The predicted octanol–water partition coefficient (Wildman–Crippen LogP) is 2.75. The predicted molar refractivity (Wildman–Crippen MR) is 208 cm³/mol. The number of Topliss-reactive ketones (excluding diaryl/α,β-unsaturated/α-hetero) is 1. The van der Waals surface area contributed by atoms with E-state index in [0.29, 0.717) is 0 Å². The highest BCUT2D eigenvalue weighted by Crippen LogP contribution is 2.64. The van der Waals surface area contributed by atoms with Crippen molar-refractivity contribution in [2.75, 3.05) is 13.7 Å². The van der Waals surface area contributed by atoms with Gasteiger partial charge in [-0.1, -0.05) is 52.8 Å². The van der Waals surface area contributed by atoms with Gasteiger partial charge < -0.3 is 53.6 Å². The number of nitrogens with zero attached hydrogens (tertiary/aromatic N) is 1. The first-order chi connectivity index (χ1) is 28.1. The SMILES string of the molecule is COC(=O)O[C@@]12CO[C@@H]1CC(O)[C@@]1(C)C(=O)[C@H](OC(C)=O)C3=C(C)[C@@H](OC(=O)[C@H](O)[C@@H](N4C(=O)OC(C)(C)C4O)C(C)(C)C)C[C@@](O)([C@@H](OC(=O)c4ccccc4)C12)C3(C)C. The molecule has 4 fully saturated rings. The summed E-state index contributed by atoms with van der Waals surface area (Å²) < 4.78 is 40.3.